The number of alkyl halides is 3. The highest BCUT2D eigenvalue weighted by Gasteiger charge is 2.35. The van der Waals surface area contributed by atoms with E-state index in [1.54, 1.807) is 0 Å². The van der Waals surface area contributed by atoms with Crippen molar-refractivity contribution in [3.8, 4) is 0 Å². The summed E-state index contributed by atoms with van der Waals surface area (Å²) in [4.78, 5) is 13.1. The molecular formula is C14H25F3N2O. The fourth-order valence-corrected chi connectivity index (χ4v) is 2.81. The molecule has 1 aliphatic carbocycles. The third-order valence-electron chi connectivity index (χ3n) is 3.95. The molecule has 6 heteroatoms. The number of rotatable bonds is 7. The van der Waals surface area contributed by atoms with Crippen LogP contribution >= 0.6 is 0 Å². The van der Waals surface area contributed by atoms with E-state index in [1.807, 2.05) is 13.8 Å². The summed E-state index contributed by atoms with van der Waals surface area (Å²) in [5.41, 5.74) is 0. The van der Waals surface area contributed by atoms with Crippen LogP contribution < -0.4 is 5.32 Å². The van der Waals surface area contributed by atoms with Crippen molar-refractivity contribution in [1.29, 1.82) is 0 Å². The van der Waals surface area contributed by atoms with E-state index in [1.165, 1.54) is 0 Å². The minimum absolute atomic E-state index is 0.0112. The van der Waals surface area contributed by atoms with Crippen molar-refractivity contribution in [2.75, 3.05) is 13.1 Å². The number of nitrogens with zero attached hydrogens (tertiary/aromatic N) is 1. The summed E-state index contributed by atoms with van der Waals surface area (Å²) in [5, 5.41) is 3.09. The predicted molar refractivity (Wildman–Crippen MR) is 72.4 cm³/mol. The van der Waals surface area contributed by atoms with Gasteiger partial charge in [-0.05, 0) is 25.7 Å². The second-order valence-electron chi connectivity index (χ2n) is 5.47. The van der Waals surface area contributed by atoms with Crippen molar-refractivity contribution >= 4 is 5.91 Å². The average Bonchev–Trinajstić information content (AvgIpc) is 2.88. The molecule has 0 aromatic rings. The van der Waals surface area contributed by atoms with Crippen molar-refractivity contribution in [1.82, 2.24) is 10.2 Å². The van der Waals surface area contributed by atoms with Crippen LogP contribution in [0.5, 0.6) is 0 Å². The Labute approximate surface area is 118 Å². The second-order valence-corrected chi connectivity index (χ2v) is 5.47. The van der Waals surface area contributed by atoms with E-state index in [-0.39, 0.29) is 18.6 Å². The van der Waals surface area contributed by atoms with E-state index >= 15 is 0 Å². The van der Waals surface area contributed by atoms with Gasteiger partial charge in [-0.15, -0.1) is 0 Å². The fraction of sp³-hybridized carbons (Fsp3) is 0.929. The maximum Gasteiger partial charge on any atom is 0.406 e. The van der Waals surface area contributed by atoms with E-state index in [9.17, 15) is 18.0 Å². The van der Waals surface area contributed by atoms with Gasteiger partial charge in [-0.2, -0.15) is 13.2 Å². The Kier molecular flexibility index (Phi) is 6.79. The standard InChI is InChI=1S/C14H25F3N2O/c1-3-12(4-2)19(10-14(15,16)17)13(20)9-18-11-7-5-6-8-11/h11-12,18H,3-10H2,1-2H3. The quantitative estimate of drug-likeness (QED) is 0.782. The Balaban J connectivity index is 2.57. The zero-order valence-corrected chi connectivity index (χ0v) is 12.3. The molecule has 0 unspecified atom stereocenters. The minimum Gasteiger partial charge on any atom is -0.330 e. The Morgan fingerprint density at radius 3 is 2.25 bits per heavy atom. The van der Waals surface area contributed by atoms with Crippen molar-refractivity contribution in [3.05, 3.63) is 0 Å². The van der Waals surface area contributed by atoms with Gasteiger partial charge in [0.2, 0.25) is 5.91 Å². The van der Waals surface area contributed by atoms with Gasteiger partial charge in [0.1, 0.15) is 6.54 Å². The topological polar surface area (TPSA) is 32.3 Å². The monoisotopic (exact) mass is 294 g/mol. The zero-order chi connectivity index (χ0) is 15.2. The van der Waals surface area contributed by atoms with Gasteiger partial charge in [-0.3, -0.25) is 4.79 Å². The third-order valence-corrected chi connectivity index (χ3v) is 3.95. The molecule has 20 heavy (non-hydrogen) atoms. The molecule has 0 aromatic carbocycles. The summed E-state index contributed by atoms with van der Waals surface area (Å²) in [7, 11) is 0. The van der Waals surface area contributed by atoms with Crippen LogP contribution in [-0.2, 0) is 4.79 Å². The molecule has 0 heterocycles. The zero-order valence-electron chi connectivity index (χ0n) is 12.3. The van der Waals surface area contributed by atoms with E-state index in [0.29, 0.717) is 12.8 Å². The number of hydrogen-bond donors (Lipinski definition) is 1. The molecular weight excluding hydrogens is 269 g/mol. The average molecular weight is 294 g/mol. The Morgan fingerprint density at radius 2 is 1.80 bits per heavy atom. The molecule has 0 bridgehead atoms. The van der Waals surface area contributed by atoms with Gasteiger partial charge >= 0.3 is 6.18 Å². The maximum absolute atomic E-state index is 12.6. The third kappa shape index (κ3) is 5.69. The van der Waals surface area contributed by atoms with Crippen molar-refractivity contribution in [2.24, 2.45) is 0 Å². The summed E-state index contributed by atoms with van der Waals surface area (Å²) in [6, 6.07) is -0.0529. The number of nitrogens with one attached hydrogen (secondary N) is 1. The Hall–Kier alpha value is -0.780. The van der Waals surface area contributed by atoms with Gasteiger partial charge in [0.25, 0.3) is 0 Å². The van der Waals surface area contributed by atoms with Gasteiger partial charge in [-0.25, -0.2) is 0 Å². The first kappa shape index (κ1) is 17.3. The van der Waals surface area contributed by atoms with Crippen LogP contribution in [0.15, 0.2) is 0 Å². The summed E-state index contributed by atoms with van der Waals surface area (Å²) >= 11 is 0. The molecule has 1 rings (SSSR count). The van der Waals surface area contributed by atoms with E-state index in [0.717, 1.165) is 30.6 Å². The van der Waals surface area contributed by atoms with Gasteiger partial charge in [0.15, 0.2) is 0 Å². The number of amides is 1. The lowest BCUT2D eigenvalue weighted by Crippen LogP contribution is -2.49. The normalized spacial score (nSPS) is 16.9. The summed E-state index contributed by atoms with van der Waals surface area (Å²) in [6.45, 7) is 2.49. The second kappa shape index (κ2) is 7.86. The fourth-order valence-electron chi connectivity index (χ4n) is 2.81. The Bertz CT molecular complexity index is 297. The van der Waals surface area contributed by atoms with Gasteiger partial charge in [-0.1, -0.05) is 26.7 Å². The maximum atomic E-state index is 12.6. The van der Waals surface area contributed by atoms with Gasteiger partial charge in [0, 0.05) is 12.1 Å². The van der Waals surface area contributed by atoms with Crippen LogP contribution in [0.25, 0.3) is 0 Å². The first-order valence-electron chi connectivity index (χ1n) is 7.47. The van der Waals surface area contributed by atoms with Crippen LogP contribution in [0, 0.1) is 0 Å². The summed E-state index contributed by atoms with van der Waals surface area (Å²) < 4.78 is 37.9. The molecule has 1 fully saturated rings. The van der Waals surface area contributed by atoms with Crippen LogP contribution in [0.4, 0.5) is 13.2 Å². The largest absolute Gasteiger partial charge is 0.406 e. The highest BCUT2D eigenvalue weighted by atomic mass is 19.4. The molecule has 0 aromatic heterocycles. The molecule has 0 radical (unpaired) electrons. The van der Waals surface area contributed by atoms with Gasteiger partial charge < -0.3 is 10.2 Å². The summed E-state index contributed by atoms with van der Waals surface area (Å²) in [5.74, 6) is -0.442. The number of carbonyl (C=O) groups excluding carboxylic acids is 1. The molecule has 1 aliphatic rings. The molecule has 118 valence electrons. The molecule has 3 nitrogen and oxygen atoms in total. The smallest absolute Gasteiger partial charge is 0.330 e. The Morgan fingerprint density at radius 1 is 1.25 bits per heavy atom. The van der Waals surface area contributed by atoms with Crippen LogP contribution in [0.1, 0.15) is 52.4 Å². The minimum atomic E-state index is -4.34. The SMILES string of the molecule is CCC(CC)N(CC(F)(F)F)C(=O)CNC1CCCC1. The van der Waals surface area contributed by atoms with E-state index < -0.39 is 18.6 Å². The molecule has 1 saturated carbocycles. The molecule has 0 atom stereocenters. The lowest BCUT2D eigenvalue weighted by Gasteiger charge is -2.31. The van der Waals surface area contributed by atoms with Gasteiger partial charge in [0.05, 0.1) is 6.54 Å². The lowest BCUT2D eigenvalue weighted by molar-refractivity contribution is -0.165. The van der Waals surface area contributed by atoms with E-state index in [4.69, 9.17) is 0 Å². The van der Waals surface area contributed by atoms with E-state index in [2.05, 4.69) is 5.32 Å². The molecule has 0 aliphatic heterocycles. The summed E-state index contributed by atoms with van der Waals surface area (Å²) in [6.07, 6.45) is 1.03. The predicted octanol–water partition coefficient (Wildman–Crippen LogP) is 3.10. The van der Waals surface area contributed by atoms with Crippen molar-refractivity contribution in [2.45, 2.75) is 70.6 Å². The lowest BCUT2D eigenvalue weighted by atomic mass is 10.1. The first-order valence-corrected chi connectivity index (χ1v) is 7.47. The number of carbonyl (C=O) groups is 1. The van der Waals surface area contributed by atoms with Crippen LogP contribution in [0.3, 0.4) is 0 Å². The number of halogens is 3. The van der Waals surface area contributed by atoms with Crippen LogP contribution in [-0.4, -0.2) is 42.2 Å². The van der Waals surface area contributed by atoms with Crippen molar-refractivity contribution < 1.29 is 18.0 Å². The molecule has 1 amide bonds. The molecule has 0 saturated heterocycles. The molecule has 1 N–H and O–H groups in total. The molecule has 0 spiro atoms. The number of hydrogen-bond acceptors (Lipinski definition) is 2. The highest BCUT2D eigenvalue weighted by molar-refractivity contribution is 5.78. The first-order chi connectivity index (χ1) is 9.37. The van der Waals surface area contributed by atoms with Crippen molar-refractivity contribution in [3.63, 3.8) is 0 Å². The highest BCUT2D eigenvalue weighted by Crippen LogP contribution is 2.21. The van der Waals surface area contributed by atoms with Crippen LogP contribution in [0.2, 0.25) is 0 Å².